The van der Waals surface area contributed by atoms with Crippen molar-refractivity contribution in [3.63, 3.8) is 0 Å². The molecule has 0 radical (unpaired) electrons. The molecule has 0 aliphatic rings. The van der Waals surface area contributed by atoms with Gasteiger partial charge in [0.25, 0.3) is 5.91 Å². The van der Waals surface area contributed by atoms with Gasteiger partial charge in [0.1, 0.15) is 5.75 Å². The van der Waals surface area contributed by atoms with Gasteiger partial charge < -0.3 is 15.4 Å². The first-order valence-corrected chi connectivity index (χ1v) is 9.44. The molecule has 0 aromatic heterocycles. The zero-order valence-electron chi connectivity index (χ0n) is 16.2. The lowest BCUT2D eigenvalue weighted by Crippen LogP contribution is -2.35. The summed E-state index contributed by atoms with van der Waals surface area (Å²) in [5, 5.41) is 8.74. The summed E-state index contributed by atoms with van der Waals surface area (Å²) in [7, 11) is 1.35. The zero-order chi connectivity index (χ0) is 21.4. The Balaban J connectivity index is 1.86. The molecule has 0 atom stereocenters. The summed E-state index contributed by atoms with van der Waals surface area (Å²) in [6.45, 7) is 3.71. The number of benzene rings is 2. The van der Waals surface area contributed by atoms with Crippen molar-refractivity contribution in [3.05, 3.63) is 57.6 Å². The molecule has 0 aliphatic heterocycles. The molecule has 0 saturated heterocycles. The molecule has 0 heterocycles. The van der Waals surface area contributed by atoms with Gasteiger partial charge in [0, 0.05) is 17.2 Å². The Kier molecular flexibility index (Phi) is 7.90. The Labute approximate surface area is 176 Å². The van der Waals surface area contributed by atoms with E-state index in [0.29, 0.717) is 11.3 Å². The Hall–Kier alpha value is -3.20. The quantitative estimate of drug-likeness (QED) is 0.349. The maximum Gasteiger partial charge on any atom is 0.329 e. The summed E-state index contributed by atoms with van der Waals surface area (Å²) in [6, 6.07) is 10.6. The van der Waals surface area contributed by atoms with E-state index in [-0.39, 0.29) is 12.5 Å². The number of nitrogens with one attached hydrogen (secondary N) is 3. The molecule has 0 unspecified atom stereocenters. The fraction of sp³-hybridized carbons (Fsp3) is 0.200. The number of likely N-dealkylation sites (N-methyl/N-ethyl adjacent to an activating group) is 1. The second kappa shape index (κ2) is 10.4. The lowest BCUT2D eigenvalue weighted by Gasteiger charge is -2.13. The van der Waals surface area contributed by atoms with Crippen LogP contribution in [0.4, 0.5) is 5.69 Å². The van der Waals surface area contributed by atoms with Crippen LogP contribution in [-0.2, 0) is 14.4 Å². The number of hydrogen-bond acceptors (Lipinski definition) is 5. The Bertz CT molecular complexity index is 919. The third-order valence-electron chi connectivity index (χ3n) is 3.82. The summed E-state index contributed by atoms with van der Waals surface area (Å²) >= 11 is 3.43. The molecule has 0 saturated carbocycles. The van der Waals surface area contributed by atoms with Crippen molar-refractivity contribution < 1.29 is 19.1 Å². The van der Waals surface area contributed by atoms with Crippen molar-refractivity contribution in [2.45, 2.75) is 13.8 Å². The Morgan fingerprint density at radius 3 is 2.28 bits per heavy atom. The van der Waals surface area contributed by atoms with E-state index in [1.54, 1.807) is 24.3 Å². The van der Waals surface area contributed by atoms with Crippen LogP contribution in [0.3, 0.4) is 0 Å². The number of hydrazone groups is 1. The van der Waals surface area contributed by atoms with E-state index in [4.69, 9.17) is 4.74 Å². The third kappa shape index (κ3) is 6.72. The maximum absolute atomic E-state index is 12.2. The Morgan fingerprint density at radius 2 is 1.69 bits per heavy atom. The van der Waals surface area contributed by atoms with Gasteiger partial charge in [0.15, 0.2) is 6.61 Å². The van der Waals surface area contributed by atoms with E-state index in [1.165, 1.54) is 13.3 Å². The van der Waals surface area contributed by atoms with E-state index in [9.17, 15) is 14.4 Å². The molecule has 152 valence electrons. The van der Waals surface area contributed by atoms with Gasteiger partial charge in [-0.2, -0.15) is 5.10 Å². The molecule has 3 N–H and O–H groups in total. The van der Waals surface area contributed by atoms with Crippen LogP contribution >= 0.6 is 15.9 Å². The summed E-state index contributed by atoms with van der Waals surface area (Å²) in [5.74, 6) is -1.39. The summed E-state index contributed by atoms with van der Waals surface area (Å²) in [4.78, 5) is 34.5. The lowest BCUT2D eigenvalue weighted by atomic mass is 10.1. The van der Waals surface area contributed by atoms with Crippen molar-refractivity contribution >= 4 is 45.6 Å². The highest BCUT2D eigenvalue weighted by molar-refractivity contribution is 9.10. The largest absolute Gasteiger partial charge is 0.484 e. The van der Waals surface area contributed by atoms with Crippen molar-refractivity contribution in [1.82, 2.24) is 10.7 Å². The second-order valence-corrected chi connectivity index (χ2v) is 7.01. The zero-order valence-corrected chi connectivity index (χ0v) is 17.8. The fourth-order valence-electron chi connectivity index (χ4n) is 2.41. The van der Waals surface area contributed by atoms with Gasteiger partial charge in [0.2, 0.25) is 0 Å². The van der Waals surface area contributed by atoms with Gasteiger partial charge in [-0.05, 0) is 66.9 Å². The van der Waals surface area contributed by atoms with E-state index in [0.717, 1.165) is 21.3 Å². The number of ether oxygens (including phenoxy) is 1. The molecular weight excluding hydrogens is 440 g/mol. The van der Waals surface area contributed by atoms with Crippen LogP contribution < -0.4 is 20.8 Å². The molecule has 8 nitrogen and oxygen atoms in total. The minimum atomic E-state index is -0.856. The van der Waals surface area contributed by atoms with Crippen molar-refractivity contribution in [1.29, 1.82) is 0 Å². The highest BCUT2D eigenvalue weighted by atomic mass is 79.9. The molecule has 2 rings (SSSR count). The van der Waals surface area contributed by atoms with Gasteiger partial charge >= 0.3 is 11.8 Å². The topological polar surface area (TPSA) is 109 Å². The summed E-state index contributed by atoms with van der Waals surface area (Å²) in [5.41, 5.74) is 5.47. The standard InChI is InChI=1S/C20H21BrN4O4/c1-12-8-15(21)9-13(2)18(12)24-17(26)11-29-16-6-4-14(5-7-16)10-23-25-20(28)19(27)22-3/h4-10H,11H2,1-3H3,(H,22,27)(H,24,26)(H,25,28)/b23-10-. The van der Waals surface area contributed by atoms with Gasteiger partial charge in [-0.15, -0.1) is 0 Å². The normalized spacial score (nSPS) is 10.5. The van der Waals surface area contributed by atoms with Gasteiger partial charge in [-0.3, -0.25) is 14.4 Å². The smallest absolute Gasteiger partial charge is 0.329 e. The number of halogens is 1. The SMILES string of the molecule is CNC(=O)C(=O)N/N=C\c1ccc(OCC(=O)Nc2c(C)cc(Br)cc2C)cc1. The molecular formula is C20H21BrN4O4. The highest BCUT2D eigenvalue weighted by Crippen LogP contribution is 2.25. The van der Waals surface area contributed by atoms with Gasteiger partial charge in [-0.25, -0.2) is 5.43 Å². The van der Waals surface area contributed by atoms with E-state index >= 15 is 0 Å². The van der Waals surface area contributed by atoms with Crippen LogP contribution in [0.1, 0.15) is 16.7 Å². The van der Waals surface area contributed by atoms with Crippen LogP contribution in [0.15, 0.2) is 46.0 Å². The van der Waals surface area contributed by atoms with Crippen LogP contribution in [0.5, 0.6) is 5.75 Å². The van der Waals surface area contributed by atoms with Gasteiger partial charge in [-0.1, -0.05) is 15.9 Å². The van der Waals surface area contributed by atoms with E-state index < -0.39 is 11.8 Å². The first kappa shape index (κ1) is 22.1. The molecule has 2 aromatic rings. The van der Waals surface area contributed by atoms with E-state index in [1.807, 2.05) is 26.0 Å². The van der Waals surface area contributed by atoms with Crippen LogP contribution in [0, 0.1) is 13.8 Å². The molecule has 2 aromatic carbocycles. The molecule has 0 aliphatic carbocycles. The van der Waals surface area contributed by atoms with Crippen LogP contribution in [-0.4, -0.2) is 37.6 Å². The molecule has 29 heavy (non-hydrogen) atoms. The van der Waals surface area contributed by atoms with Crippen molar-refractivity contribution in [2.24, 2.45) is 5.10 Å². The number of hydrogen-bond donors (Lipinski definition) is 3. The van der Waals surface area contributed by atoms with Crippen molar-refractivity contribution in [3.8, 4) is 5.75 Å². The van der Waals surface area contributed by atoms with Crippen LogP contribution in [0.2, 0.25) is 0 Å². The molecule has 3 amide bonds. The average molecular weight is 461 g/mol. The maximum atomic E-state index is 12.2. The first-order chi connectivity index (χ1) is 13.8. The average Bonchev–Trinajstić information content (AvgIpc) is 2.69. The first-order valence-electron chi connectivity index (χ1n) is 8.64. The number of carbonyl (C=O) groups is 3. The third-order valence-corrected chi connectivity index (χ3v) is 4.28. The molecule has 0 bridgehead atoms. The second-order valence-electron chi connectivity index (χ2n) is 6.10. The predicted molar refractivity (Wildman–Crippen MR) is 114 cm³/mol. The monoisotopic (exact) mass is 460 g/mol. The molecule has 0 fully saturated rings. The number of rotatable bonds is 6. The predicted octanol–water partition coefficient (Wildman–Crippen LogP) is 2.28. The number of nitrogens with zero attached hydrogens (tertiary/aromatic N) is 1. The number of aryl methyl sites for hydroxylation is 2. The number of carbonyl (C=O) groups excluding carboxylic acids is 3. The van der Waals surface area contributed by atoms with Crippen molar-refractivity contribution in [2.75, 3.05) is 19.0 Å². The van der Waals surface area contributed by atoms with Crippen LogP contribution in [0.25, 0.3) is 0 Å². The van der Waals surface area contributed by atoms with Gasteiger partial charge in [0.05, 0.1) is 6.21 Å². The minimum absolute atomic E-state index is 0.134. The Morgan fingerprint density at radius 1 is 1.07 bits per heavy atom. The molecule has 0 spiro atoms. The summed E-state index contributed by atoms with van der Waals surface area (Å²) in [6.07, 6.45) is 1.39. The minimum Gasteiger partial charge on any atom is -0.484 e. The fourth-order valence-corrected chi connectivity index (χ4v) is 3.10. The number of anilines is 1. The van der Waals surface area contributed by atoms with E-state index in [2.05, 4.69) is 37.1 Å². The number of amides is 3. The molecule has 9 heteroatoms. The highest BCUT2D eigenvalue weighted by Gasteiger charge is 2.10. The summed E-state index contributed by atoms with van der Waals surface area (Å²) < 4.78 is 6.46. The lowest BCUT2D eigenvalue weighted by molar-refractivity contribution is -0.138.